The summed E-state index contributed by atoms with van der Waals surface area (Å²) >= 11 is 0. The molecule has 8 heteroatoms. The molecular weight excluding hydrogens is 312 g/mol. The van der Waals surface area contributed by atoms with E-state index in [0.717, 1.165) is 30.6 Å². The zero-order valence-electron chi connectivity index (χ0n) is 11.6. The Balaban J connectivity index is 1.88. The summed E-state index contributed by atoms with van der Waals surface area (Å²) in [6, 6.07) is 5.09. The van der Waals surface area contributed by atoms with Crippen LogP contribution in [0.4, 0.5) is 5.69 Å². The molecule has 0 radical (unpaired) electrons. The lowest BCUT2D eigenvalue weighted by atomic mass is 10.0. The number of nitrogens with zero attached hydrogens (tertiary/aromatic N) is 1. The van der Waals surface area contributed by atoms with Gasteiger partial charge in [-0.05, 0) is 36.6 Å². The molecular formula is C13H18N2O4S2. The van der Waals surface area contributed by atoms with E-state index in [9.17, 15) is 16.8 Å². The monoisotopic (exact) mass is 330 g/mol. The first-order valence-electron chi connectivity index (χ1n) is 6.96. The fraction of sp³-hybridized carbons (Fsp3) is 0.538. The Morgan fingerprint density at radius 2 is 1.86 bits per heavy atom. The summed E-state index contributed by atoms with van der Waals surface area (Å²) in [6.07, 6.45) is 1.85. The average molecular weight is 330 g/mol. The van der Waals surface area contributed by atoms with Crippen molar-refractivity contribution >= 4 is 25.5 Å². The fourth-order valence-corrected chi connectivity index (χ4v) is 5.62. The van der Waals surface area contributed by atoms with Gasteiger partial charge in [-0.3, -0.25) is 0 Å². The van der Waals surface area contributed by atoms with Crippen LogP contribution in [0, 0.1) is 0 Å². The van der Waals surface area contributed by atoms with Gasteiger partial charge in [-0.2, -0.15) is 4.31 Å². The predicted octanol–water partition coefficient (Wildman–Crippen LogP) is 0.464. The summed E-state index contributed by atoms with van der Waals surface area (Å²) in [5, 5.41) is 3.24. The van der Waals surface area contributed by atoms with Gasteiger partial charge in [0.1, 0.15) is 0 Å². The summed E-state index contributed by atoms with van der Waals surface area (Å²) in [5.41, 5.74) is 1.99. The van der Waals surface area contributed by atoms with Gasteiger partial charge in [0.2, 0.25) is 10.0 Å². The molecule has 1 aromatic rings. The molecule has 0 atom stereocenters. The second-order valence-corrected chi connectivity index (χ2v) is 9.65. The van der Waals surface area contributed by atoms with Gasteiger partial charge in [0, 0.05) is 25.3 Å². The van der Waals surface area contributed by atoms with E-state index in [2.05, 4.69) is 5.32 Å². The second kappa shape index (κ2) is 5.26. The quantitative estimate of drug-likeness (QED) is 0.852. The van der Waals surface area contributed by atoms with Crippen molar-refractivity contribution in [2.24, 2.45) is 0 Å². The summed E-state index contributed by atoms with van der Waals surface area (Å²) in [4.78, 5) is 0.254. The Morgan fingerprint density at radius 3 is 2.57 bits per heavy atom. The van der Waals surface area contributed by atoms with Crippen LogP contribution < -0.4 is 5.32 Å². The SMILES string of the molecule is O=S1(=O)CCN(S(=O)(=O)c2ccc3c(c2)CCCN3)CC1. The summed E-state index contributed by atoms with van der Waals surface area (Å²) in [6.45, 7) is 0.989. The number of benzene rings is 1. The van der Waals surface area contributed by atoms with Crippen LogP contribution in [0.3, 0.4) is 0 Å². The van der Waals surface area contributed by atoms with Gasteiger partial charge in [-0.25, -0.2) is 16.8 Å². The fourth-order valence-electron chi connectivity index (χ4n) is 2.70. The highest BCUT2D eigenvalue weighted by Gasteiger charge is 2.31. The Morgan fingerprint density at radius 1 is 1.14 bits per heavy atom. The second-order valence-electron chi connectivity index (χ2n) is 5.41. The van der Waals surface area contributed by atoms with E-state index < -0.39 is 19.9 Å². The highest BCUT2D eigenvalue weighted by atomic mass is 32.2. The van der Waals surface area contributed by atoms with Gasteiger partial charge in [0.05, 0.1) is 16.4 Å². The van der Waals surface area contributed by atoms with Crippen molar-refractivity contribution in [1.82, 2.24) is 4.31 Å². The number of hydrogen-bond donors (Lipinski definition) is 1. The first-order chi connectivity index (χ1) is 9.88. The molecule has 0 aromatic heterocycles. The van der Waals surface area contributed by atoms with Crippen molar-refractivity contribution in [2.75, 3.05) is 36.5 Å². The Kier molecular flexibility index (Phi) is 3.71. The van der Waals surface area contributed by atoms with Gasteiger partial charge < -0.3 is 5.32 Å². The molecule has 1 aromatic carbocycles. The maximum Gasteiger partial charge on any atom is 0.243 e. The molecule has 2 heterocycles. The molecule has 0 aliphatic carbocycles. The molecule has 21 heavy (non-hydrogen) atoms. The number of fused-ring (bicyclic) bond motifs is 1. The molecule has 1 fully saturated rings. The average Bonchev–Trinajstić information content (AvgIpc) is 2.46. The number of sulfone groups is 1. The highest BCUT2D eigenvalue weighted by molar-refractivity contribution is 7.92. The van der Waals surface area contributed by atoms with Crippen molar-refractivity contribution in [1.29, 1.82) is 0 Å². The lowest BCUT2D eigenvalue weighted by molar-refractivity contribution is 0.430. The third-order valence-electron chi connectivity index (χ3n) is 3.96. The minimum atomic E-state index is -3.60. The summed E-state index contributed by atoms with van der Waals surface area (Å²) in [5.74, 6) is -0.197. The molecule has 1 saturated heterocycles. The number of hydrogen-bond acceptors (Lipinski definition) is 5. The van der Waals surface area contributed by atoms with Crippen LogP contribution >= 0.6 is 0 Å². The molecule has 3 rings (SSSR count). The molecule has 0 amide bonds. The van der Waals surface area contributed by atoms with E-state index in [1.54, 1.807) is 18.2 Å². The maximum atomic E-state index is 12.6. The molecule has 0 spiro atoms. The van der Waals surface area contributed by atoms with Crippen molar-refractivity contribution in [3.63, 3.8) is 0 Å². The third kappa shape index (κ3) is 2.93. The van der Waals surface area contributed by atoms with Gasteiger partial charge in [0.25, 0.3) is 0 Å². The van der Waals surface area contributed by atoms with Crippen LogP contribution in [0.2, 0.25) is 0 Å². The molecule has 0 unspecified atom stereocenters. The van der Waals surface area contributed by atoms with Gasteiger partial charge in [-0.15, -0.1) is 0 Å². The van der Waals surface area contributed by atoms with Crippen LogP contribution in [0.1, 0.15) is 12.0 Å². The van der Waals surface area contributed by atoms with Gasteiger partial charge in [0.15, 0.2) is 9.84 Å². The number of rotatable bonds is 2. The van der Waals surface area contributed by atoms with Crippen molar-refractivity contribution in [2.45, 2.75) is 17.7 Å². The molecule has 6 nitrogen and oxygen atoms in total. The number of sulfonamides is 1. The Bertz CT molecular complexity index is 742. The lowest BCUT2D eigenvalue weighted by Gasteiger charge is -2.26. The maximum absolute atomic E-state index is 12.6. The van der Waals surface area contributed by atoms with E-state index in [1.807, 2.05) is 0 Å². The molecule has 0 saturated carbocycles. The molecule has 116 valence electrons. The smallest absolute Gasteiger partial charge is 0.243 e. The topological polar surface area (TPSA) is 83.6 Å². The van der Waals surface area contributed by atoms with E-state index >= 15 is 0 Å². The van der Waals surface area contributed by atoms with Crippen LogP contribution in [0.15, 0.2) is 23.1 Å². The first kappa shape index (κ1) is 14.8. The normalized spacial score (nSPS) is 22.3. The van der Waals surface area contributed by atoms with E-state index in [4.69, 9.17) is 0 Å². The minimum Gasteiger partial charge on any atom is -0.385 e. The molecule has 1 N–H and O–H groups in total. The standard InChI is InChI=1S/C13H18N2O4S2/c16-20(17)8-6-15(7-9-20)21(18,19)12-3-4-13-11(10-12)2-1-5-14-13/h3-4,10,14H,1-2,5-9H2. The Labute approximate surface area is 125 Å². The van der Waals surface area contributed by atoms with Gasteiger partial charge in [-0.1, -0.05) is 0 Å². The molecule has 2 aliphatic heterocycles. The first-order valence-corrected chi connectivity index (χ1v) is 10.2. The van der Waals surface area contributed by atoms with E-state index in [1.165, 1.54) is 4.31 Å². The number of aryl methyl sites for hydroxylation is 1. The van der Waals surface area contributed by atoms with Gasteiger partial charge >= 0.3 is 0 Å². The highest BCUT2D eigenvalue weighted by Crippen LogP contribution is 2.27. The predicted molar refractivity (Wildman–Crippen MR) is 80.7 cm³/mol. The van der Waals surface area contributed by atoms with Crippen molar-refractivity contribution < 1.29 is 16.8 Å². The summed E-state index contributed by atoms with van der Waals surface area (Å²) in [7, 11) is -6.69. The lowest BCUT2D eigenvalue weighted by Crippen LogP contribution is -2.43. The zero-order valence-corrected chi connectivity index (χ0v) is 13.2. The number of nitrogens with one attached hydrogen (secondary N) is 1. The third-order valence-corrected chi connectivity index (χ3v) is 7.46. The van der Waals surface area contributed by atoms with Crippen molar-refractivity contribution in [3.8, 4) is 0 Å². The van der Waals surface area contributed by atoms with Crippen LogP contribution in [0.5, 0.6) is 0 Å². The van der Waals surface area contributed by atoms with Crippen LogP contribution in [-0.2, 0) is 26.3 Å². The molecule has 0 bridgehead atoms. The summed E-state index contributed by atoms with van der Waals surface area (Å²) < 4.78 is 49.3. The minimum absolute atomic E-state index is 0.0417. The van der Waals surface area contributed by atoms with E-state index in [-0.39, 0.29) is 29.5 Å². The van der Waals surface area contributed by atoms with E-state index in [0.29, 0.717) is 0 Å². The van der Waals surface area contributed by atoms with Crippen molar-refractivity contribution in [3.05, 3.63) is 23.8 Å². The number of anilines is 1. The Hall–Kier alpha value is -1.12. The van der Waals surface area contributed by atoms with Crippen LogP contribution in [-0.4, -0.2) is 52.3 Å². The van der Waals surface area contributed by atoms with Crippen LogP contribution in [0.25, 0.3) is 0 Å². The molecule has 2 aliphatic rings. The zero-order chi connectivity index (χ0) is 15.1. The largest absolute Gasteiger partial charge is 0.385 e.